The molecule has 0 saturated heterocycles. The van der Waals surface area contributed by atoms with Crippen LogP contribution in [0.2, 0.25) is 0 Å². The standard InChI is InChI=1S/2C6H15N.H3O4P/c2*1-3-5-7-6-4-2;1-5(2,3)4/h2*7H,3-6H2,1-2H3;(H3,1,2,3,4). The maximum atomic E-state index is 8.66. The van der Waals surface area contributed by atoms with Gasteiger partial charge < -0.3 is 29.9 Å². The molecule has 0 rings (SSSR count). The van der Waals surface area contributed by atoms with Crippen LogP contribution in [0.15, 0.2) is 0 Å². The highest BCUT2D eigenvalue weighted by Gasteiger charge is 1.81. The molecule has 0 bridgehead atoms. The molecule has 0 heterocycles. The summed E-state index contributed by atoms with van der Waals surface area (Å²) >= 11 is 0. The maximum absolute atomic E-state index is 8.66. The first-order chi connectivity index (χ1) is 8.83. The average Bonchev–Trinajstić information content (AvgIpc) is 2.29. The van der Waals surface area contributed by atoms with Gasteiger partial charge in [-0.1, -0.05) is 27.7 Å². The molecule has 0 aliphatic carbocycles. The summed E-state index contributed by atoms with van der Waals surface area (Å²) in [4.78, 5) is 24.3. The lowest BCUT2D eigenvalue weighted by Crippen LogP contribution is -2.84. The van der Waals surface area contributed by atoms with E-state index >= 15 is 0 Å². The van der Waals surface area contributed by atoms with E-state index in [0.717, 1.165) is 0 Å². The molecule has 0 aromatic rings. The van der Waals surface area contributed by atoms with Gasteiger partial charge in [0.25, 0.3) is 0 Å². The van der Waals surface area contributed by atoms with E-state index in [-0.39, 0.29) is 0 Å². The third-order valence-electron chi connectivity index (χ3n) is 1.97. The predicted molar refractivity (Wildman–Crippen MR) is 74.3 cm³/mol. The summed E-state index contributed by atoms with van der Waals surface area (Å²) in [5.41, 5.74) is 0. The van der Waals surface area contributed by atoms with Gasteiger partial charge in [0.2, 0.25) is 0 Å². The molecule has 0 atom stereocenters. The highest BCUT2D eigenvalue weighted by Crippen LogP contribution is 2.11. The molecule has 0 radical (unpaired) electrons. The van der Waals surface area contributed by atoms with Crippen LogP contribution < -0.4 is 20.4 Å². The Bertz CT molecular complexity index is 162. The Morgan fingerprint density at radius 1 is 0.789 bits per heavy atom. The largest absolute Gasteiger partial charge is 0.790 e. The molecule has 0 amide bonds. The van der Waals surface area contributed by atoms with E-state index in [2.05, 4.69) is 38.3 Å². The van der Waals surface area contributed by atoms with Gasteiger partial charge in [-0.25, -0.2) is 0 Å². The van der Waals surface area contributed by atoms with Gasteiger partial charge in [0.05, 0.1) is 34.0 Å². The first-order valence-electron chi connectivity index (χ1n) is 7.21. The van der Waals surface area contributed by atoms with Crippen molar-refractivity contribution in [3.63, 3.8) is 0 Å². The molecule has 0 aromatic heterocycles. The van der Waals surface area contributed by atoms with Crippen LogP contribution in [0, 0.1) is 0 Å². The number of nitrogens with two attached hydrogens (primary N) is 2. The minimum Gasteiger partial charge on any atom is -0.790 e. The molecule has 0 unspecified atom stereocenters. The smallest absolute Gasteiger partial charge is 0.0752 e. The van der Waals surface area contributed by atoms with E-state index in [1.54, 1.807) is 0 Å². The Hall–Kier alpha value is 0.0300. The summed E-state index contributed by atoms with van der Waals surface area (Å²) in [6, 6.07) is 0. The van der Waals surface area contributed by atoms with Crippen LogP contribution in [0.4, 0.5) is 0 Å². The van der Waals surface area contributed by atoms with Crippen LogP contribution in [-0.4, -0.2) is 31.1 Å². The van der Waals surface area contributed by atoms with E-state index in [4.69, 9.17) is 19.2 Å². The fourth-order valence-corrected chi connectivity index (χ4v) is 1.11. The van der Waals surface area contributed by atoms with E-state index < -0.39 is 7.82 Å². The Balaban J connectivity index is -0.000000206. The Kier molecular flexibility index (Phi) is 25.8. The molecule has 0 spiro atoms. The van der Waals surface area contributed by atoms with Crippen molar-refractivity contribution in [3.8, 4) is 0 Å². The number of hydrogen-bond donors (Lipinski definition) is 3. The summed E-state index contributed by atoms with van der Waals surface area (Å²) in [5.74, 6) is 0. The molecule has 0 saturated carbocycles. The van der Waals surface area contributed by atoms with Crippen LogP contribution in [0.5, 0.6) is 0 Å². The van der Waals surface area contributed by atoms with Gasteiger partial charge in [0.15, 0.2) is 0 Å². The number of quaternary nitrogens is 2. The molecule has 0 aliphatic rings. The minimum atomic E-state index is -5.14. The van der Waals surface area contributed by atoms with E-state index in [1.807, 2.05) is 0 Å². The quantitative estimate of drug-likeness (QED) is 0.375. The summed E-state index contributed by atoms with van der Waals surface area (Å²) in [6.07, 6.45) is 5.22. The molecule has 0 aromatic carbocycles. The Labute approximate surface area is 118 Å². The highest BCUT2D eigenvalue weighted by atomic mass is 31.2. The van der Waals surface area contributed by atoms with Crippen molar-refractivity contribution in [2.75, 3.05) is 26.2 Å². The summed E-state index contributed by atoms with van der Waals surface area (Å²) in [5, 5.41) is 4.72. The van der Waals surface area contributed by atoms with Crippen molar-refractivity contribution in [3.05, 3.63) is 0 Å². The lowest BCUT2D eigenvalue weighted by molar-refractivity contribution is -0.654. The monoisotopic (exact) mass is 300 g/mol. The number of phosphoric acid groups is 1. The van der Waals surface area contributed by atoms with Gasteiger partial charge in [-0.05, 0) is 25.7 Å². The second-order valence-electron chi connectivity index (χ2n) is 4.20. The topological polar surface area (TPSA) is 117 Å². The molecule has 7 heteroatoms. The summed E-state index contributed by atoms with van der Waals surface area (Å²) in [6.45, 7) is 14.1. The van der Waals surface area contributed by atoms with Crippen molar-refractivity contribution >= 4 is 7.82 Å². The maximum Gasteiger partial charge on any atom is 0.0752 e. The first kappa shape index (κ1) is 24.1. The molecule has 19 heavy (non-hydrogen) atoms. The van der Waals surface area contributed by atoms with Gasteiger partial charge in [-0.3, -0.25) is 0 Å². The summed E-state index contributed by atoms with van der Waals surface area (Å²) < 4.78 is 8.66. The van der Waals surface area contributed by atoms with Crippen LogP contribution in [0.3, 0.4) is 0 Å². The SMILES string of the molecule is CCC[NH2+]CCC.CCC[NH2+]CCC.O=P([O-])([O-])O. The molecular weight excluding hydrogens is 267 g/mol. The van der Waals surface area contributed by atoms with Crippen molar-refractivity contribution < 1.29 is 29.9 Å². The van der Waals surface area contributed by atoms with E-state index in [0.29, 0.717) is 0 Å². The van der Waals surface area contributed by atoms with Crippen molar-refractivity contribution in [2.45, 2.75) is 53.4 Å². The van der Waals surface area contributed by atoms with Gasteiger partial charge >= 0.3 is 0 Å². The normalized spacial score (nSPS) is 10.1. The second-order valence-corrected chi connectivity index (χ2v) is 5.14. The Morgan fingerprint density at radius 3 is 1.05 bits per heavy atom. The molecule has 5 N–H and O–H groups in total. The van der Waals surface area contributed by atoms with Crippen LogP contribution in [-0.2, 0) is 4.57 Å². The number of hydrogen-bond acceptors (Lipinski definition) is 3. The summed E-state index contributed by atoms with van der Waals surface area (Å²) in [7, 11) is -5.14. The van der Waals surface area contributed by atoms with Crippen LogP contribution in [0.25, 0.3) is 0 Å². The number of rotatable bonds is 8. The lowest BCUT2D eigenvalue weighted by atomic mass is 10.4. The molecule has 6 nitrogen and oxygen atoms in total. The zero-order valence-electron chi connectivity index (χ0n) is 12.9. The van der Waals surface area contributed by atoms with E-state index in [1.165, 1.54) is 51.9 Å². The third-order valence-corrected chi connectivity index (χ3v) is 1.97. The molecular formula is C12H33N2O4P. The Morgan fingerprint density at radius 2 is 0.947 bits per heavy atom. The fraction of sp³-hybridized carbons (Fsp3) is 1.00. The van der Waals surface area contributed by atoms with Gasteiger partial charge in [-0.2, -0.15) is 0 Å². The third kappa shape index (κ3) is 71.9. The van der Waals surface area contributed by atoms with Crippen molar-refractivity contribution in [2.24, 2.45) is 0 Å². The zero-order chi connectivity index (χ0) is 15.6. The highest BCUT2D eigenvalue weighted by molar-refractivity contribution is 7.42. The first-order valence-corrected chi connectivity index (χ1v) is 8.70. The van der Waals surface area contributed by atoms with Gasteiger partial charge in [0, 0.05) is 0 Å². The lowest BCUT2D eigenvalue weighted by Gasteiger charge is -2.19. The van der Waals surface area contributed by atoms with Gasteiger partial charge in [0.1, 0.15) is 0 Å². The average molecular weight is 300 g/mol. The van der Waals surface area contributed by atoms with Crippen molar-refractivity contribution in [1.82, 2.24) is 0 Å². The minimum absolute atomic E-state index is 1.30. The predicted octanol–water partition coefficient (Wildman–Crippen LogP) is -1.45. The molecule has 120 valence electrons. The van der Waals surface area contributed by atoms with Gasteiger partial charge in [-0.15, -0.1) is 0 Å². The molecule has 0 fully saturated rings. The van der Waals surface area contributed by atoms with Crippen LogP contribution in [0.1, 0.15) is 53.4 Å². The fourth-order valence-electron chi connectivity index (χ4n) is 1.11. The van der Waals surface area contributed by atoms with Crippen molar-refractivity contribution in [1.29, 1.82) is 0 Å². The molecule has 0 aliphatic heterocycles. The van der Waals surface area contributed by atoms with Crippen LogP contribution >= 0.6 is 7.82 Å². The second kappa shape index (κ2) is 20.3. The zero-order valence-corrected chi connectivity index (χ0v) is 13.8. The van der Waals surface area contributed by atoms with E-state index in [9.17, 15) is 0 Å².